The summed E-state index contributed by atoms with van der Waals surface area (Å²) in [5.74, 6) is 1.25. The van der Waals surface area contributed by atoms with E-state index in [-0.39, 0.29) is 0 Å². The number of aromatic nitrogens is 1. The highest BCUT2D eigenvalue weighted by atomic mass is 32.2. The van der Waals surface area contributed by atoms with E-state index in [1.165, 1.54) is 37.0 Å². The van der Waals surface area contributed by atoms with Crippen molar-refractivity contribution in [2.24, 2.45) is 10.4 Å². The molecular formula is C14H19N3S. The van der Waals surface area contributed by atoms with Crippen LogP contribution >= 0.6 is 11.8 Å². The van der Waals surface area contributed by atoms with Crippen molar-refractivity contribution in [3.8, 4) is 0 Å². The second-order valence-electron chi connectivity index (χ2n) is 5.33. The number of amidine groups is 1. The summed E-state index contributed by atoms with van der Waals surface area (Å²) in [5.41, 5.74) is 1.79. The van der Waals surface area contributed by atoms with E-state index in [2.05, 4.69) is 10.3 Å². The first-order chi connectivity index (χ1) is 8.86. The molecule has 3 rings (SSSR count). The number of hydrogen-bond acceptors (Lipinski definition) is 4. The molecule has 96 valence electrons. The normalized spacial score (nSPS) is 21.9. The summed E-state index contributed by atoms with van der Waals surface area (Å²) in [6.45, 7) is 1.88. The highest BCUT2D eigenvalue weighted by Gasteiger charge is 2.36. The van der Waals surface area contributed by atoms with E-state index in [4.69, 9.17) is 4.99 Å². The Labute approximate surface area is 112 Å². The third-order valence-corrected chi connectivity index (χ3v) is 5.23. The molecule has 0 atom stereocenters. The fourth-order valence-corrected chi connectivity index (χ4v) is 3.92. The second kappa shape index (κ2) is 5.31. The van der Waals surface area contributed by atoms with Crippen molar-refractivity contribution in [2.45, 2.75) is 32.2 Å². The lowest BCUT2D eigenvalue weighted by Crippen LogP contribution is -2.33. The Morgan fingerprint density at radius 2 is 2.00 bits per heavy atom. The van der Waals surface area contributed by atoms with Gasteiger partial charge in [-0.15, -0.1) is 0 Å². The largest absolute Gasteiger partial charge is 0.361 e. The van der Waals surface area contributed by atoms with Crippen molar-refractivity contribution in [2.75, 3.05) is 12.3 Å². The topological polar surface area (TPSA) is 37.3 Å². The number of pyridine rings is 1. The van der Waals surface area contributed by atoms with Gasteiger partial charge in [0.1, 0.15) is 0 Å². The monoisotopic (exact) mass is 261 g/mol. The first kappa shape index (κ1) is 12.0. The van der Waals surface area contributed by atoms with Crippen LogP contribution in [0.25, 0.3) is 0 Å². The van der Waals surface area contributed by atoms with Crippen molar-refractivity contribution in [3.63, 3.8) is 0 Å². The van der Waals surface area contributed by atoms with E-state index >= 15 is 0 Å². The molecule has 2 aliphatic rings. The summed E-state index contributed by atoms with van der Waals surface area (Å²) >= 11 is 1.90. The zero-order chi connectivity index (χ0) is 12.3. The Morgan fingerprint density at radius 3 is 2.67 bits per heavy atom. The van der Waals surface area contributed by atoms with Crippen molar-refractivity contribution in [1.82, 2.24) is 10.3 Å². The van der Waals surface area contributed by atoms with Crippen LogP contribution in [0.5, 0.6) is 0 Å². The maximum absolute atomic E-state index is 4.73. The highest BCUT2D eigenvalue weighted by Crippen LogP contribution is 2.43. The van der Waals surface area contributed by atoms with Crippen LogP contribution in [-0.4, -0.2) is 22.4 Å². The maximum atomic E-state index is 4.73. The van der Waals surface area contributed by atoms with E-state index in [1.807, 2.05) is 36.3 Å². The summed E-state index contributed by atoms with van der Waals surface area (Å²) in [5, 5.41) is 4.54. The summed E-state index contributed by atoms with van der Waals surface area (Å²) < 4.78 is 0. The number of nitrogens with one attached hydrogen (secondary N) is 1. The van der Waals surface area contributed by atoms with Crippen LogP contribution in [0, 0.1) is 5.41 Å². The van der Waals surface area contributed by atoms with Gasteiger partial charge in [-0.3, -0.25) is 9.98 Å². The summed E-state index contributed by atoms with van der Waals surface area (Å²) in [6, 6.07) is 4.08. The molecule has 3 nitrogen and oxygen atoms in total. The SMILES string of the molecule is c1cc(CNC2=NCC3(CCCC3)CS2)ccn1. The van der Waals surface area contributed by atoms with Crippen LogP contribution < -0.4 is 5.32 Å². The Balaban J connectivity index is 1.54. The van der Waals surface area contributed by atoms with Crippen LogP contribution in [0.4, 0.5) is 0 Å². The Hall–Kier alpha value is -1.03. The zero-order valence-corrected chi connectivity index (χ0v) is 11.4. The third-order valence-electron chi connectivity index (χ3n) is 3.93. The molecule has 0 aromatic carbocycles. The van der Waals surface area contributed by atoms with E-state index in [1.54, 1.807) is 0 Å². The van der Waals surface area contributed by atoms with E-state index in [0.29, 0.717) is 5.41 Å². The lowest BCUT2D eigenvalue weighted by Gasteiger charge is -2.31. The molecule has 1 spiro atoms. The summed E-state index contributed by atoms with van der Waals surface area (Å²) in [4.78, 5) is 8.76. The standard InChI is InChI=1S/C14H19N3S/c1-2-6-14(5-1)10-17-13(18-11-14)16-9-12-3-7-15-8-4-12/h3-4,7-8H,1-2,5-6,9-11H2,(H,16,17). The van der Waals surface area contributed by atoms with Crippen molar-refractivity contribution < 1.29 is 0 Å². The molecule has 1 aromatic rings. The molecule has 1 aliphatic carbocycles. The van der Waals surface area contributed by atoms with Gasteiger partial charge in [0, 0.05) is 31.2 Å². The highest BCUT2D eigenvalue weighted by molar-refractivity contribution is 8.13. The van der Waals surface area contributed by atoms with Crippen molar-refractivity contribution in [1.29, 1.82) is 0 Å². The average Bonchev–Trinajstić information content (AvgIpc) is 2.88. The number of aliphatic imine (C=N–C) groups is 1. The molecule has 1 aliphatic heterocycles. The van der Waals surface area contributed by atoms with Gasteiger partial charge in [-0.05, 0) is 36.0 Å². The second-order valence-corrected chi connectivity index (χ2v) is 6.29. The summed E-state index contributed by atoms with van der Waals surface area (Å²) in [6.07, 6.45) is 9.22. The molecule has 4 heteroatoms. The molecule has 2 heterocycles. The Bertz CT molecular complexity index is 424. The van der Waals surface area contributed by atoms with Crippen molar-refractivity contribution in [3.05, 3.63) is 30.1 Å². The van der Waals surface area contributed by atoms with Gasteiger partial charge in [-0.25, -0.2) is 0 Å². The maximum Gasteiger partial charge on any atom is 0.156 e. The lowest BCUT2D eigenvalue weighted by atomic mass is 9.89. The molecule has 0 unspecified atom stereocenters. The minimum absolute atomic E-state index is 0.534. The van der Waals surface area contributed by atoms with Crippen LogP contribution in [0.1, 0.15) is 31.2 Å². The Morgan fingerprint density at radius 1 is 1.22 bits per heavy atom. The number of rotatable bonds is 2. The molecule has 1 aromatic heterocycles. The molecule has 0 amide bonds. The van der Waals surface area contributed by atoms with Gasteiger partial charge in [0.25, 0.3) is 0 Å². The minimum Gasteiger partial charge on any atom is -0.361 e. The fraction of sp³-hybridized carbons (Fsp3) is 0.571. The van der Waals surface area contributed by atoms with Crippen molar-refractivity contribution >= 4 is 16.9 Å². The predicted molar refractivity (Wildman–Crippen MR) is 76.7 cm³/mol. The predicted octanol–water partition coefficient (Wildman–Crippen LogP) is 2.83. The van der Waals surface area contributed by atoms with Gasteiger partial charge in [-0.2, -0.15) is 0 Å². The van der Waals surface area contributed by atoms with E-state index in [9.17, 15) is 0 Å². The number of thioether (sulfide) groups is 1. The van der Waals surface area contributed by atoms with Gasteiger partial charge < -0.3 is 5.32 Å². The van der Waals surface area contributed by atoms with Crippen LogP contribution in [0.2, 0.25) is 0 Å². The molecule has 1 fully saturated rings. The minimum atomic E-state index is 0.534. The number of nitrogens with zero attached hydrogens (tertiary/aromatic N) is 2. The lowest BCUT2D eigenvalue weighted by molar-refractivity contribution is 0.358. The smallest absolute Gasteiger partial charge is 0.156 e. The van der Waals surface area contributed by atoms with Gasteiger partial charge in [-0.1, -0.05) is 24.6 Å². The van der Waals surface area contributed by atoms with Crippen LogP contribution in [-0.2, 0) is 6.54 Å². The van der Waals surface area contributed by atoms with E-state index in [0.717, 1.165) is 18.3 Å². The van der Waals surface area contributed by atoms with Gasteiger partial charge in [0.2, 0.25) is 0 Å². The molecule has 0 bridgehead atoms. The van der Waals surface area contributed by atoms with E-state index < -0.39 is 0 Å². The third kappa shape index (κ3) is 2.69. The first-order valence-electron chi connectivity index (χ1n) is 6.66. The van der Waals surface area contributed by atoms with Crippen LogP contribution in [0.3, 0.4) is 0 Å². The molecule has 1 N–H and O–H groups in total. The van der Waals surface area contributed by atoms with Gasteiger partial charge in [0.05, 0.1) is 0 Å². The average molecular weight is 261 g/mol. The summed E-state index contributed by atoms with van der Waals surface area (Å²) in [7, 11) is 0. The van der Waals surface area contributed by atoms with Crippen LogP contribution in [0.15, 0.2) is 29.5 Å². The zero-order valence-electron chi connectivity index (χ0n) is 10.6. The van der Waals surface area contributed by atoms with Gasteiger partial charge in [0.15, 0.2) is 5.17 Å². The quantitative estimate of drug-likeness (QED) is 0.889. The fourth-order valence-electron chi connectivity index (χ4n) is 2.76. The molecule has 1 saturated carbocycles. The Kier molecular flexibility index (Phi) is 3.55. The van der Waals surface area contributed by atoms with Gasteiger partial charge >= 0.3 is 0 Å². The molecule has 18 heavy (non-hydrogen) atoms. The number of hydrogen-bond donors (Lipinski definition) is 1. The molecule has 0 saturated heterocycles. The molecule has 0 radical (unpaired) electrons. The molecular weight excluding hydrogens is 242 g/mol. The first-order valence-corrected chi connectivity index (χ1v) is 7.65.